The first-order chi connectivity index (χ1) is 12.3. The number of carboxylic acids is 1. The van der Waals surface area contributed by atoms with Crippen LogP contribution in [0.4, 0.5) is 18.0 Å². The highest BCUT2D eigenvalue weighted by Gasteiger charge is 2.37. The molecule has 8 heteroatoms. The standard InChI is InChI=1S/C18H21F3N2O3/c19-18(20,21)14-5-1-3-12(9-14)15(11-6-7-11)22-17(26)23-8-2-4-13(10-23)16(24)25/h1,3,5,9,11,13,15H,2,4,6-8,10H2,(H,22,26)(H,24,25). The molecule has 26 heavy (non-hydrogen) atoms. The molecule has 3 rings (SSSR count). The normalized spacial score (nSPS) is 22.0. The third-order valence-corrected chi connectivity index (χ3v) is 5.00. The zero-order valence-electron chi connectivity index (χ0n) is 14.1. The predicted octanol–water partition coefficient (Wildman–Crippen LogP) is 3.66. The molecule has 2 atom stereocenters. The van der Waals surface area contributed by atoms with E-state index in [1.165, 1.54) is 11.0 Å². The topological polar surface area (TPSA) is 69.6 Å². The fourth-order valence-electron chi connectivity index (χ4n) is 3.40. The Morgan fingerprint density at radius 2 is 1.96 bits per heavy atom. The first kappa shape index (κ1) is 18.5. The number of carbonyl (C=O) groups excluding carboxylic acids is 1. The van der Waals surface area contributed by atoms with Crippen molar-refractivity contribution in [2.75, 3.05) is 13.1 Å². The molecule has 0 radical (unpaired) electrons. The molecule has 1 aromatic rings. The lowest BCUT2D eigenvalue weighted by Gasteiger charge is -2.32. The number of aliphatic carboxylic acids is 1. The van der Waals surface area contributed by atoms with E-state index in [0.717, 1.165) is 25.0 Å². The van der Waals surface area contributed by atoms with Gasteiger partial charge in [-0.15, -0.1) is 0 Å². The van der Waals surface area contributed by atoms with Gasteiger partial charge < -0.3 is 15.3 Å². The van der Waals surface area contributed by atoms with E-state index in [1.807, 2.05) is 0 Å². The molecule has 0 bridgehead atoms. The molecule has 1 heterocycles. The Hall–Kier alpha value is -2.25. The zero-order valence-corrected chi connectivity index (χ0v) is 14.1. The summed E-state index contributed by atoms with van der Waals surface area (Å²) in [6.07, 6.45) is -1.62. The first-order valence-electron chi connectivity index (χ1n) is 8.71. The van der Waals surface area contributed by atoms with Crippen LogP contribution in [0, 0.1) is 11.8 Å². The molecule has 2 amide bonds. The minimum absolute atomic E-state index is 0.113. The molecule has 142 valence electrons. The number of rotatable bonds is 4. The number of piperidine rings is 1. The summed E-state index contributed by atoms with van der Waals surface area (Å²) < 4.78 is 38.9. The summed E-state index contributed by atoms with van der Waals surface area (Å²) >= 11 is 0. The number of hydrogen-bond acceptors (Lipinski definition) is 2. The van der Waals surface area contributed by atoms with Crippen LogP contribution >= 0.6 is 0 Å². The van der Waals surface area contributed by atoms with Crippen LogP contribution in [-0.4, -0.2) is 35.1 Å². The van der Waals surface area contributed by atoms with Gasteiger partial charge in [0.05, 0.1) is 17.5 Å². The van der Waals surface area contributed by atoms with Crippen LogP contribution in [0.3, 0.4) is 0 Å². The maximum Gasteiger partial charge on any atom is 0.416 e. The van der Waals surface area contributed by atoms with E-state index in [-0.39, 0.29) is 12.5 Å². The molecule has 1 aliphatic heterocycles. The molecule has 2 fully saturated rings. The van der Waals surface area contributed by atoms with Gasteiger partial charge in [-0.1, -0.05) is 12.1 Å². The van der Waals surface area contributed by atoms with E-state index in [2.05, 4.69) is 5.32 Å². The molecule has 2 aliphatic rings. The van der Waals surface area contributed by atoms with Crippen molar-refractivity contribution in [3.8, 4) is 0 Å². The molecule has 1 aliphatic carbocycles. The van der Waals surface area contributed by atoms with Crippen molar-refractivity contribution in [3.05, 3.63) is 35.4 Å². The number of halogens is 3. The Kier molecular flexibility index (Phi) is 5.11. The molecular formula is C18H21F3N2O3. The monoisotopic (exact) mass is 370 g/mol. The van der Waals surface area contributed by atoms with Crippen LogP contribution in [0.2, 0.25) is 0 Å². The average molecular weight is 370 g/mol. The zero-order chi connectivity index (χ0) is 18.9. The van der Waals surface area contributed by atoms with Gasteiger partial charge in [0.15, 0.2) is 0 Å². The van der Waals surface area contributed by atoms with Gasteiger partial charge in [-0.3, -0.25) is 4.79 Å². The van der Waals surface area contributed by atoms with Gasteiger partial charge in [0.25, 0.3) is 0 Å². The minimum Gasteiger partial charge on any atom is -0.481 e. The van der Waals surface area contributed by atoms with E-state index in [4.69, 9.17) is 5.11 Å². The van der Waals surface area contributed by atoms with Crippen molar-refractivity contribution < 1.29 is 27.9 Å². The number of hydrogen-bond donors (Lipinski definition) is 2. The molecule has 5 nitrogen and oxygen atoms in total. The van der Waals surface area contributed by atoms with Gasteiger partial charge in [0.1, 0.15) is 0 Å². The van der Waals surface area contributed by atoms with E-state index < -0.39 is 35.7 Å². The van der Waals surface area contributed by atoms with Gasteiger partial charge in [-0.25, -0.2) is 4.79 Å². The van der Waals surface area contributed by atoms with Crippen LogP contribution in [0.25, 0.3) is 0 Å². The number of amides is 2. The van der Waals surface area contributed by atoms with Crippen molar-refractivity contribution in [1.29, 1.82) is 0 Å². The maximum absolute atomic E-state index is 13.0. The summed E-state index contributed by atoms with van der Waals surface area (Å²) in [5.41, 5.74) is -0.304. The van der Waals surface area contributed by atoms with Crippen LogP contribution in [0.15, 0.2) is 24.3 Å². The Morgan fingerprint density at radius 3 is 2.58 bits per heavy atom. The van der Waals surface area contributed by atoms with Gasteiger partial charge in [-0.2, -0.15) is 13.2 Å². The Bertz CT molecular complexity index is 689. The largest absolute Gasteiger partial charge is 0.481 e. The smallest absolute Gasteiger partial charge is 0.416 e. The molecule has 0 aromatic heterocycles. The SMILES string of the molecule is O=C(O)C1CCCN(C(=O)NC(c2cccc(C(F)(F)F)c2)C2CC2)C1. The lowest BCUT2D eigenvalue weighted by atomic mass is 9.98. The Labute approximate surface area is 149 Å². The number of likely N-dealkylation sites (tertiary alicyclic amines) is 1. The number of alkyl halides is 3. The summed E-state index contributed by atoms with van der Waals surface area (Å²) in [6, 6.07) is 4.13. The second-order valence-corrected chi connectivity index (χ2v) is 7.01. The first-order valence-corrected chi connectivity index (χ1v) is 8.71. The Morgan fingerprint density at radius 1 is 1.23 bits per heavy atom. The van der Waals surface area contributed by atoms with Crippen molar-refractivity contribution in [2.45, 2.75) is 37.9 Å². The second-order valence-electron chi connectivity index (χ2n) is 7.01. The molecule has 2 N–H and O–H groups in total. The molecular weight excluding hydrogens is 349 g/mol. The summed E-state index contributed by atoms with van der Waals surface area (Å²) in [6.45, 7) is 0.580. The highest BCUT2D eigenvalue weighted by atomic mass is 19.4. The van der Waals surface area contributed by atoms with Crippen molar-refractivity contribution in [1.82, 2.24) is 10.2 Å². The van der Waals surface area contributed by atoms with Crippen molar-refractivity contribution in [3.63, 3.8) is 0 Å². The predicted molar refractivity (Wildman–Crippen MR) is 87.4 cm³/mol. The van der Waals surface area contributed by atoms with Gasteiger partial charge in [0.2, 0.25) is 0 Å². The molecule has 1 saturated heterocycles. The van der Waals surface area contributed by atoms with E-state index in [1.54, 1.807) is 6.07 Å². The van der Waals surface area contributed by atoms with E-state index in [9.17, 15) is 22.8 Å². The number of nitrogens with zero attached hydrogens (tertiary/aromatic N) is 1. The van der Waals surface area contributed by atoms with Crippen molar-refractivity contribution in [2.24, 2.45) is 11.8 Å². The summed E-state index contributed by atoms with van der Waals surface area (Å²) in [4.78, 5) is 25.2. The number of carbonyl (C=O) groups is 2. The average Bonchev–Trinajstić information content (AvgIpc) is 3.44. The van der Waals surface area contributed by atoms with Crippen LogP contribution in [0.5, 0.6) is 0 Å². The van der Waals surface area contributed by atoms with Gasteiger partial charge >= 0.3 is 18.2 Å². The molecule has 1 aromatic carbocycles. The fraction of sp³-hybridized carbons (Fsp3) is 0.556. The van der Waals surface area contributed by atoms with Gasteiger partial charge in [-0.05, 0) is 49.3 Å². The van der Waals surface area contributed by atoms with Crippen LogP contribution < -0.4 is 5.32 Å². The van der Waals surface area contributed by atoms with Gasteiger partial charge in [0, 0.05) is 13.1 Å². The minimum atomic E-state index is -4.43. The molecule has 0 spiro atoms. The second kappa shape index (κ2) is 7.17. The molecule has 1 saturated carbocycles. The Balaban J connectivity index is 1.73. The lowest BCUT2D eigenvalue weighted by Crippen LogP contribution is -2.48. The summed E-state index contributed by atoms with van der Waals surface area (Å²) in [5, 5.41) is 12.0. The third kappa shape index (κ3) is 4.28. The lowest BCUT2D eigenvalue weighted by molar-refractivity contribution is -0.143. The van der Waals surface area contributed by atoms with Crippen LogP contribution in [-0.2, 0) is 11.0 Å². The highest BCUT2D eigenvalue weighted by molar-refractivity contribution is 5.77. The van der Waals surface area contributed by atoms with E-state index >= 15 is 0 Å². The quantitative estimate of drug-likeness (QED) is 0.850. The number of carboxylic acid groups (broad SMARTS) is 1. The fourth-order valence-corrected chi connectivity index (χ4v) is 3.40. The van der Waals surface area contributed by atoms with Crippen molar-refractivity contribution >= 4 is 12.0 Å². The number of nitrogens with one attached hydrogen (secondary N) is 1. The molecule has 2 unspecified atom stereocenters. The summed E-state index contributed by atoms with van der Waals surface area (Å²) in [7, 11) is 0. The third-order valence-electron chi connectivity index (χ3n) is 5.00. The summed E-state index contributed by atoms with van der Waals surface area (Å²) in [5.74, 6) is -1.41. The van der Waals surface area contributed by atoms with Crippen LogP contribution in [0.1, 0.15) is 42.9 Å². The highest BCUT2D eigenvalue weighted by Crippen LogP contribution is 2.42. The number of benzene rings is 1. The number of urea groups is 1. The maximum atomic E-state index is 13.0. The van der Waals surface area contributed by atoms with E-state index in [0.29, 0.717) is 24.9 Å².